The fourth-order valence-electron chi connectivity index (χ4n) is 1.41. The summed E-state index contributed by atoms with van der Waals surface area (Å²) in [5.41, 5.74) is 0.912. The lowest BCUT2D eigenvalue weighted by atomic mass is 10.0. The molecule has 0 unspecified atom stereocenters. The van der Waals surface area contributed by atoms with Crippen molar-refractivity contribution in [1.29, 1.82) is 0 Å². The number of likely N-dealkylation sites (tertiary alicyclic amines) is 1. The van der Waals surface area contributed by atoms with Crippen LogP contribution < -0.4 is 0 Å². The lowest BCUT2D eigenvalue weighted by Crippen LogP contribution is -2.30. The van der Waals surface area contributed by atoms with Crippen LogP contribution in [0.4, 0.5) is 4.39 Å². The molecular weight excluding hydrogens is 141 g/mol. The summed E-state index contributed by atoms with van der Waals surface area (Å²) in [6, 6.07) is 0. The standard InChI is InChI=1S/C9H15FN/c1-3-11-6-4-9(5-7-11)8(2)10/h2-7H2,1H3. The summed E-state index contributed by atoms with van der Waals surface area (Å²) in [6.45, 7) is 8.51. The molecule has 1 heterocycles. The molecule has 0 aliphatic carbocycles. The second kappa shape index (κ2) is 3.86. The van der Waals surface area contributed by atoms with Crippen molar-refractivity contribution in [3.05, 3.63) is 18.3 Å². The SMILES string of the molecule is [CH2]C(F)=C1CCN(CC)CC1. The Hall–Kier alpha value is -0.370. The van der Waals surface area contributed by atoms with Gasteiger partial charge in [-0.15, -0.1) is 0 Å². The lowest BCUT2D eigenvalue weighted by molar-refractivity contribution is 0.267. The Balaban J connectivity index is 2.42. The van der Waals surface area contributed by atoms with E-state index in [1.165, 1.54) is 0 Å². The van der Waals surface area contributed by atoms with Crippen LogP contribution in [-0.4, -0.2) is 24.5 Å². The fourth-order valence-corrected chi connectivity index (χ4v) is 1.41. The monoisotopic (exact) mass is 156 g/mol. The van der Waals surface area contributed by atoms with Gasteiger partial charge in [0.05, 0.1) is 5.83 Å². The first kappa shape index (κ1) is 8.72. The number of rotatable bonds is 1. The third-order valence-corrected chi connectivity index (χ3v) is 2.29. The highest BCUT2D eigenvalue weighted by molar-refractivity contribution is 5.12. The molecule has 0 aromatic rings. The Kier molecular flexibility index (Phi) is 3.06. The number of hydrogen-bond acceptors (Lipinski definition) is 1. The van der Waals surface area contributed by atoms with Crippen LogP contribution in [0.15, 0.2) is 11.4 Å². The quantitative estimate of drug-likeness (QED) is 0.562. The van der Waals surface area contributed by atoms with Gasteiger partial charge in [-0.05, 0) is 25.0 Å². The first-order valence-electron chi connectivity index (χ1n) is 4.16. The summed E-state index contributed by atoms with van der Waals surface area (Å²) in [4.78, 5) is 2.33. The van der Waals surface area contributed by atoms with E-state index in [1.54, 1.807) is 0 Å². The highest BCUT2D eigenvalue weighted by atomic mass is 19.1. The van der Waals surface area contributed by atoms with Crippen molar-refractivity contribution in [2.24, 2.45) is 0 Å². The van der Waals surface area contributed by atoms with Gasteiger partial charge in [0.15, 0.2) is 0 Å². The molecule has 1 radical (unpaired) electrons. The van der Waals surface area contributed by atoms with Crippen molar-refractivity contribution in [1.82, 2.24) is 4.90 Å². The molecule has 0 N–H and O–H groups in total. The van der Waals surface area contributed by atoms with Crippen LogP contribution in [0, 0.1) is 6.92 Å². The largest absolute Gasteiger partial charge is 0.303 e. The van der Waals surface area contributed by atoms with Gasteiger partial charge in [0, 0.05) is 20.0 Å². The van der Waals surface area contributed by atoms with E-state index >= 15 is 0 Å². The molecule has 1 saturated heterocycles. The molecule has 1 aliphatic rings. The van der Waals surface area contributed by atoms with Crippen LogP contribution in [0.3, 0.4) is 0 Å². The second-order valence-corrected chi connectivity index (χ2v) is 2.94. The molecule has 0 saturated carbocycles. The Labute approximate surface area is 67.9 Å². The Bertz CT molecular complexity index is 149. The smallest absolute Gasteiger partial charge is 0.0996 e. The molecule has 11 heavy (non-hydrogen) atoms. The maximum absolute atomic E-state index is 12.6. The molecule has 1 aliphatic heterocycles. The minimum Gasteiger partial charge on any atom is -0.303 e. The Morgan fingerprint density at radius 2 is 2.09 bits per heavy atom. The Morgan fingerprint density at radius 1 is 1.55 bits per heavy atom. The van der Waals surface area contributed by atoms with Crippen molar-refractivity contribution in [2.45, 2.75) is 19.8 Å². The van der Waals surface area contributed by atoms with Crippen LogP contribution in [0.1, 0.15) is 19.8 Å². The van der Waals surface area contributed by atoms with Gasteiger partial charge >= 0.3 is 0 Å². The molecule has 0 aromatic heterocycles. The van der Waals surface area contributed by atoms with Gasteiger partial charge in [0.2, 0.25) is 0 Å². The molecule has 0 spiro atoms. The van der Waals surface area contributed by atoms with Crippen LogP contribution in [-0.2, 0) is 0 Å². The maximum atomic E-state index is 12.6. The molecule has 1 fully saturated rings. The van der Waals surface area contributed by atoms with E-state index < -0.39 is 0 Å². The zero-order valence-corrected chi connectivity index (χ0v) is 7.07. The molecule has 0 atom stereocenters. The minimum absolute atomic E-state index is 0.208. The van der Waals surface area contributed by atoms with E-state index in [-0.39, 0.29) is 5.83 Å². The van der Waals surface area contributed by atoms with Gasteiger partial charge in [-0.1, -0.05) is 6.92 Å². The van der Waals surface area contributed by atoms with E-state index in [1.807, 2.05) is 0 Å². The fraction of sp³-hybridized carbons (Fsp3) is 0.667. The summed E-state index contributed by atoms with van der Waals surface area (Å²) in [6.07, 6.45) is 1.73. The molecule has 0 aromatic carbocycles. The summed E-state index contributed by atoms with van der Waals surface area (Å²) >= 11 is 0. The molecule has 1 rings (SSSR count). The molecule has 0 bridgehead atoms. The number of halogens is 1. The van der Waals surface area contributed by atoms with Gasteiger partial charge in [-0.2, -0.15) is 0 Å². The van der Waals surface area contributed by atoms with Crippen LogP contribution >= 0.6 is 0 Å². The van der Waals surface area contributed by atoms with Gasteiger partial charge in [0.1, 0.15) is 0 Å². The number of nitrogens with zero attached hydrogens (tertiary/aromatic N) is 1. The summed E-state index contributed by atoms with van der Waals surface area (Å²) < 4.78 is 12.6. The van der Waals surface area contributed by atoms with E-state index in [2.05, 4.69) is 18.7 Å². The maximum Gasteiger partial charge on any atom is 0.0996 e. The van der Waals surface area contributed by atoms with E-state index in [0.29, 0.717) is 0 Å². The van der Waals surface area contributed by atoms with Crippen molar-refractivity contribution in [3.8, 4) is 0 Å². The van der Waals surface area contributed by atoms with Gasteiger partial charge in [-0.25, -0.2) is 4.39 Å². The molecule has 0 amide bonds. The third-order valence-electron chi connectivity index (χ3n) is 2.29. The first-order valence-corrected chi connectivity index (χ1v) is 4.16. The normalized spacial score (nSPS) is 20.5. The Morgan fingerprint density at radius 3 is 2.45 bits per heavy atom. The van der Waals surface area contributed by atoms with E-state index in [0.717, 1.165) is 38.0 Å². The van der Waals surface area contributed by atoms with Crippen molar-refractivity contribution in [2.75, 3.05) is 19.6 Å². The average molecular weight is 156 g/mol. The zero-order chi connectivity index (χ0) is 8.27. The van der Waals surface area contributed by atoms with Gasteiger partial charge in [0.25, 0.3) is 0 Å². The zero-order valence-electron chi connectivity index (χ0n) is 7.07. The van der Waals surface area contributed by atoms with Crippen molar-refractivity contribution < 1.29 is 4.39 Å². The van der Waals surface area contributed by atoms with Crippen molar-refractivity contribution in [3.63, 3.8) is 0 Å². The number of hydrogen-bond donors (Lipinski definition) is 0. The predicted octanol–water partition coefficient (Wildman–Crippen LogP) is 2.16. The second-order valence-electron chi connectivity index (χ2n) is 2.94. The number of allylic oxidation sites excluding steroid dienone is 1. The average Bonchev–Trinajstić information content (AvgIpc) is 2.05. The van der Waals surface area contributed by atoms with Crippen LogP contribution in [0.5, 0.6) is 0 Å². The summed E-state index contributed by atoms with van der Waals surface area (Å²) in [7, 11) is 0. The topological polar surface area (TPSA) is 3.24 Å². The van der Waals surface area contributed by atoms with Gasteiger partial charge in [-0.3, -0.25) is 0 Å². The third kappa shape index (κ3) is 2.29. The minimum atomic E-state index is -0.208. The predicted molar refractivity (Wildman–Crippen MR) is 44.8 cm³/mol. The molecule has 63 valence electrons. The van der Waals surface area contributed by atoms with E-state index in [4.69, 9.17) is 0 Å². The molecule has 1 nitrogen and oxygen atoms in total. The van der Waals surface area contributed by atoms with Crippen molar-refractivity contribution >= 4 is 0 Å². The highest BCUT2D eigenvalue weighted by Crippen LogP contribution is 2.19. The van der Waals surface area contributed by atoms with E-state index in [9.17, 15) is 4.39 Å². The van der Waals surface area contributed by atoms with Gasteiger partial charge < -0.3 is 4.90 Å². The number of piperidine rings is 1. The first-order chi connectivity index (χ1) is 5.24. The van der Waals surface area contributed by atoms with Crippen LogP contribution in [0.2, 0.25) is 0 Å². The lowest BCUT2D eigenvalue weighted by Gasteiger charge is -2.26. The van der Waals surface area contributed by atoms with Crippen LogP contribution in [0.25, 0.3) is 0 Å². The highest BCUT2D eigenvalue weighted by Gasteiger charge is 2.13. The summed E-state index contributed by atoms with van der Waals surface area (Å²) in [5, 5.41) is 0. The molecule has 2 heteroatoms. The molecular formula is C9H15FN. The summed E-state index contributed by atoms with van der Waals surface area (Å²) in [5.74, 6) is -0.208.